The van der Waals surface area contributed by atoms with Crippen molar-refractivity contribution in [1.82, 2.24) is 0 Å². The first-order valence-electron chi connectivity index (χ1n) is 9.13. The van der Waals surface area contributed by atoms with Crippen LogP contribution in [0.3, 0.4) is 0 Å². The van der Waals surface area contributed by atoms with E-state index in [1.54, 1.807) is 0 Å². The summed E-state index contributed by atoms with van der Waals surface area (Å²) in [5.41, 5.74) is 6.22. The van der Waals surface area contributed by atoms with Crippen molar-refractivity contribution in [2.24, 2.45) is 5.73 Å². The molecule has 2 aromatic rings. The fourth-order valence-corrected chi connectivity index (χ4v) is 4.56. The average molecular weight is 451 g/mol. The number of carboxylic acid groups (broad SMARTS) is 3. The van der Waals surface area contributed by atoms with Gasteiger partial charge in [-0.3, -0.25) is 9.59 Å². The minimum absolute atomic E-state index is 0.126. The van der Waals surface area contributed by atoms with E-state index >= 15 is 0 Å². The van der Waals surface area contributed by atoms with E-state index in [1.807, 2.05) is 0 Å². The maximum Gasteiger partial charge on any atom is 0.462 e. The molecule has 166 valence electrons. The van der Waals surface area contributed by atoms with Crippen molar-refractivity contribution in [3.05, 3.63) is 59.7 Å². The Morgan fingerprint density at radius 1 is 0.871 bits per heavy atom. The summed E-state index contributed by atoms with van der Waals surface area (Å²) < 4.78 is 24.9. The largest absolute Gasteiger partial charge is 0.481 e. The number of hydrogen-bond donors (Lipinski definition) is 4. The van der Waals surface area contributed by atoms with Crippen LogP contribution in [0, 0.1) is 0 Å². The van der Waals surface area contributed by atoms with Crippen LogP contribution in [0.15, 0.2) is 48.5 Å². The summed E-state index contributed by atoms with van der Waals surface area (Å²) in [6.45, 7) is 1.37. The Labute approximate surface area is 177 Å². The van der Waals surface area contributed by atoms with Crippen LogP contribution in [0.25, 0.3) is 0 Å². The molecule has 0 aromatic heterocycles. The predicted molar refractivity (Wildman–Crippen MR) is 109 cm³/mol. The van der Waals surface area contributed by atoms with Gasteiger partial charge in [-0.1, -0.05) is 43.3 Å². The number of para-hydroxylation sites is 2. The SMILES string of the molecule is CCC(N)(C(=O)O)P(=O)(Oc1ccccc1CC(=O)O)Oc1ccccc1CC(=O)O. The van der Waals surface area contributed by atoms with Gasteiger partial charge in [0.1, 0.15) is 11.5 Å². The van der Waals surface area contributed by atoms with Gasteiger partial charge in [0.15, 0.2) is 0 Å². The topological polar surface area (TPSA) is 173 Å². The zero-order chi connectivity index (χ0) is 23.2. The minimum Gasteiger partial charge on any atom is -0.481 e. The molecule has 1 atom stereocenters. The molecule has 31 heavy (non-hydrogen) atoms. The van der Waals surface area contributed by atoms with E-state index in [-0.39, 0.29) is 29.0 Å². The second-order valence-electron chi connectivity index (χ2n) is 6.62. The number of aliphatic carboxylic acids is 3. The zero-order valence-electron chi connectivity index (χ0n) is 16.6. The van der Waals surface area contributed by atoms with Crippen LogP contribution in [-0.2, 0) is 31.8 Å². The molecule has 0 bridgehead atoms. The van der Waals surface area contributed by atoms with Crippen LogP contribution in [0.1, 0.15) is 24.5 Å². The molecule has 5 N–H and O–H groups in total. The molecular weight excluding hydrogens is 429 g/mol. The summed E-state index contributed by atoms with van der Waals surface area (Å²) >= 11 is 0. The second-order valence-corrected chi connectivity index (χ2v) is 8.78. The van der Waals surface area contributed by atoms with Crippen LogP contribution in [0.2, 0.25) is 0 Å². The highest BCUT2D eigenvalue weighted by Gasteiger charge is 2.56. The summed E-state index contributed by atoms with van der Waals surface area (Å²) in [5, 5.41) is 25.4. The molecule has 2 rings (SSSR count). The number of benzene rings is 2. The van der Waals surface area contributed by atoms with Gasteiger partial charge in [0, 0.05) is 11.1 Å². The maximum atomic E-state index is 13.9. The van der Waals surface area contributed by atoms with E-state index < -0.39 is 43.6 Å². The Morgan fingerprint density at radius 3 is 1.58 bits per heavy atom. The lowest BCUT2D eigenvalue weighted by Gasteiger charge is -2.32. The van der Waals surface area contributed by atoms with Crippen molar-refractivity contribution in [2.45, 2.75) is 31.5 Å². The monoisotopic (exact) mass is 451 g/mol. The van der Waals surface area contributed by atoms with Crippen molar-refractivity contribution >= 4 is 25.5 Å². The fraction of sp³-hybridized carbons (Fsp3) is 0.250. The van der Waals surface area contributed by atoms with Gasteiger partial charge in [-0.05, 0) is 18.6 Å². The van der Waals surface area contributed by atoms with E-state index in [1.165, 1.54) is 55.5 Å². The van der Waals surface area contributed by atoms with Gasteiger partial charge in [0.05, 0.1) is 12.8 Å². The number of nitrogens with two attached hydrogens (primary N) is 1. The Balaban J connectivity index is 2.60. The van der Waals surface area contributed by atoms with Crippen molar-refractivity contribution in [1.29, 1.82) is 0 Å². The second kappa shape index (κ2) is 9.63. The molecule has 0 aliphatic heterocycles. The third-order valence-corrected chi connectivity index (χ3v) is 6.82. The van der Waals surface area contributed by atoms with Gasteiger partial charge in [-0.15, -0.1) is 0 Å². The third kappa shape index (κ3) is 5.42. The quantitative estimate of drug-likeness (QED) is 0.372. The molecular formula is C20H22NO9P. The van der Waals surface area contributed by atoms with Crippen LogP contribution in [0.5, 0.6) is 11.5 Å². The van der Waals surface area contributed by atoms with Gasteiger partial charge in [-0.25, -0.2) is 9.36 Å². The molecule has 2 aromatic carbocycles. The first-order valence-corrected chi connectivity index (χ1v) is 10.7. The summed E-state index contributed by atoms with van der Waals surface area (Å²) in [6, 6.07) is 11.5. The number of carbonyl (C=O) groups is 3. The maximum absolute atomic E-state index is 13.9. The molecule has 0 radical (unpaired) electrons. The molecule has 0 spiro atoms. The van der Waals surface area contributed by atoms with Gasteiger partial charge in [0.2, 0.25) is 5.28 Å². The molecule has 0 saturated carbocycles. The van der Waals surface area contributed by atoms with Crippen LogP contribution in [-0.4, -0.2) is 38.5 Å². The van der Waals surface area contributed by atoms with Crippen molar-refractivity contribution in [3.8, 4) is 11.5 Å². The number of carboxylic acids is 3. The molecule has 0 amide bonds. The molecule has 0 fully saturated rings. The predicted octanol–water partition coefficient (Wildman–Crippen LogP) is 2.74. The highest BCUT2D eigenvalue weighted by atomic mass is 31.2. The minimum atomic E-state index is -4.79. The summed E-state index contributed by atoms with van der Waals surface area (Å²) in [4.78, 5) is 34.3. The fourth-order valence-electron chi connectivity index (χ4n) is 2.71. The Kier molecular flexibility index (Phi) is 7.43. The smallest absolute Gasteiger partial charge is 0.462 e. The lowest BCUT2D eigenvalue weighted by Crippen LogP contribution is -2.49. The van der Waals surface area contributed by atoms with E-state index in [0.29, 0.717) is 0 Å². The zero-order valence-corrected chi connectivity index (χ0v) is 17.5. The van der Waals surface area contributed by atoms with Gasteiger partial charge < -0.3 is 30.1 Å². The van der Waals surface area contributed by atoms with Gasteiger partial charge in [-0.2, -0.15) is 0 Å². The highest BCUT2D eigenvalue weighted by Crippen LogP contribution is 2.59. The van der Waals surface area contributed by atoms with E-state index in [9.17, 15) is 24.1 Å². The Bertz CT molecular complexity index is 973. The summed E-state index contributed by atoms with van der Waals surface area (Å²) in [6.07, 6.45) is -1.33. The third-order valence-electron chi connectivity index (χ3n) is 4.46. The van der Waals surface area contributed by atoms with E-state index in [2.05, 4.69) is 0 Å². The molecule has 0 aliphatic rings. The lowest BCUT2D eigenvalue weighted by molar-refractivity contribution is -0.141. The van der Waals surface area contributed by atoms with Crippen molar-refractivity contribution in [2.75, 3.05) is 0 Å². The molecule has 0 aliphatic carbocycles. The van der Waals surface area contributed by atoms with Crippen molar-refractivity contribution in [3.63, 3.8) is 0 Å². The normalized spacial score (nSPS) is 13.1. The van der Waals surface area contributed by atoms with E-state index in [0.717, 1.165) is 0 Å². The summed E-state index contributed by atoms with van der Waals surface area (Å²) in [5.74, 6) is -4.38. The first-order chi connectivity index (χ1) is 14.5. The lowest BCUT2D eigenvalue weighted by atomic mass is 10.1. The Hall–Kier alpha value is -3.36. The molecule has 11 heteroatoms. The van der Waals surface area contributed by atoms with Crippen LogP contribution in [0.4, 0.5) is 0 Å². The first kappa shape index (κ1) is 23.9. The average Bonchev–Trinajstić information content (AvgIpc) is 2.69. The molecule has 10 nitrogen and oxygen atoms in total. The van der Waals surface area contributed by atoms with Crippen LogP contribution >= 0.6 is 7.60 Å². The molecule has 1 unspecified atom stereocenters. The Morgan fingerprint density at radius 2 is 1.26 bits per heavy atom. The number of hydrogen-bond acceptors (Lipinski definition) is 7. The van der Waals surface area contributed by atoms with E-state index in [4.69, 9.17) is 25.0 Å². The standard InChI is InChI=1S/C20H22NO9P/c1-2-20(21,19(26)27)31(28,29-15-9-5-3-7-13(15)11-17(22)23)30-16-10-6-4-8-14(16)12-18(24)25/h3-10H,2,11-12,21H2,1H3,(H,22,23)(H,24,25)(H,26,27). The van der Waals surface area contributed by atoms with Gasteiger partial charge in [0.25, 0.3) is 0 Å². The van der Waals surface area contributed by atoms with Crippen LogP contribution < -0.4 is 14.8 Å². The molecule has 0 saturated heterocycles. The molecule has 0 heterocycles. The summed E-state index contributed by atoms with van der Waals surface area (Å²) in [7, 11) is -4.79. The van der Waals surface area contributed by atoms with Crippen molar-refractivity contribution < 1.29 is 43.3 Å². The van der Waals surface area contributed by atoms with Gasteiger partial charge >= 0.3 is 25.5 Å². The highest BCUT2D eigenvalue weighted by molar-refractivity contribution is 7.57. The number of rotatable bonds is 11.